The van der Waals surface area contributed by atoms with E-state index in [9.17, 15) is 0 Å². The Bertz CT molecular complexity index is 670. The van der Waals surface area contributed by atoms with Crippen LogP contribution < -0.4 is 0 Å². The number of ether oxygens (including phenoxy) is 1. The third-order valence-corrected chi connectivity index (χ3v) is 3.88. The Hall–Kier alpha value is -1.31. The van der Waals surface area contributed by atoms with E-state index >= 15 is 0 Å². The maximum Gasteiger partial charge on any atom is 0.216 e. The van der Waals surface area contributed by atoms with Gasteiger partial charge in [-0.2, -0.15) is 14.9 Å². The molecule has 104 valence electrons. The lowest BCUT2D eigenvalue weighted by Crippen LogP contribution is -2.05. The summed E-state index contributed by atoms with van der Waals surface area (Å²) in [5.41, 5.74) is 0.995. The predicted octanol–water partition coefficient (Wildman–Crippen LogP) is 3.44. The largest absolute Gasteiger partial charge is 0.370 e. The molecular formula is C13H13BrN4OS. The summed E-state index contributed by atoms with van der Waals surface area (Å²) in [7, 11) is 0. The van der Waals surface area contributed by atoms with Crippen molar-refractivity contribution in [3.8, 4) is 0 Å². The summed E-state index contributed by atoms with van der Waals surface area (Å²) in [5, 5.41) is 11.4. The summed E-state index contributed by atoms with van der Waals surface area (Å²) in [6.45, 7) is 0.765. The number of hydrogen-bond acceptors (Lipinski definition) is 4. The van der Waals surface area contributed by atoms with Crippen LogP contribution in [0, 0.1) is 4.77 Å². The van der Waals surface area contributed by atoms with Crippen LogP contribution in [-0.4, -0.2) is 27.7 Å². The van der Waals surface area contributed by atoms with Gasteiger partial charge in [-0.15, -0.1) is 0 Å². The maximum atomic E-state index is 5.63. The van der Waals surface area contributed by atoms with E-state index in [1.807, 2.05) is 24.3 Å². The first kappa shape index (κ1) is 13.7. The summed E-state index contributed by atoms with van der Waals surface area (Å²) >= 11 is 8.62. The second kappa shape index (κ2) is 5.99. The highest BCUT2D eigenvalue weighted by Gasteiger charge is 2.23. The number of H-pyrrole nitrogens is 1. The summed E-state index contributed by atoms with van der Waals surface area (Å²) in [6.07, 6.45) is 3.73. The molecule has 5 nitrogen and oxygen atoms in total. The lowest BCUT2D eigenvalue weighted by atomic mass is 10.2. The number of aromatic amines is 1. The van der Waals surface area contributed by atoms with Crippen LogP contribution in [0.25, 0.3) is 0 Å². The highest BCUT2D eigenvalue weighted by molar-refractivity contribution is 9.10. The molecule has 1 saturated heterocycles. The third kappa shape index (κ3) is 2.89. The van der Waals surface area contributed by atoms with Crippen molar-refractivity contribution in [2.45, 2.75) is 18.9 Å². The fourth-order valence-electron chi connectivity index (χ4n) is 2.08. The van der Waals surface area contributed by atoms with Gasteiger partial charge in [0.2, 0.25) is 4.77 Å². The van der Waals surface area contributed by atoms with Gasteiger partial charge in [0.25, 0.3) is 0 Å². The number of hydrogen-bond donors (Lipinski definition) is 1. The number of rotatable bonds is 3. The highest BCUT2D eigenvalue weighted by Crippen LogP contribution is 2.26. The Morgan fingerprint density at radius 1 is 1.45 bits per heavy atom. The number of nitrogens with zero attached hydrogens (tertiary/aromatic N) is 3. The summed E-state index contributed by atoms with van der Waals surface area (Å²) in [5.74, 6) is 0.737. The summed E-state index contributed by atoms with van der Waals surface area (Å²) in [6, 6.07) is 7.89. The van der Waals surface area contributed by atoms with E-state index in [1.165, 1.54) is 0 Å². The number of aromatic nitrogens is 3. The molecule has 1 aromatic heterocycles. The smallest absolute Gasteiger partial charge is 0.216 e. The molecule has 1 aromatic carbocycles. The van der Waals surface area contributed by atoms with Crippen molar-refractivity contribution in [3.63, 3.8) is 0 Å². The van der Waals surface area contributed by atoms with Crippen LogP contribution >= 0.6 is 28.1 Å². The van der Waals surface area contributed by atoms with E-state index in [0.29, 0.717) is 4.77 Å². The molecule has 0 saturated carbocycles. The van der Waals surface area contributed by atoms with Crippen molar-refractivity contribution in [2.75, 3.05) is 6.61 Å². The van der Waals surface area contributed by atoms with Gasteiger partial charge in [-0.1, -0.05) is 28.1 Å². The van der Waals surface area contributed by atoms with Crippen LogP contribution in [0.5, 0.6) is 0 Å². The minimum absolute atomic E-state index is 0.0231. The van der Waals surface area contributed by atoms with Crippen molar-refractivity contribution in [2.24, 2.45) is 5.10 Å². The Labute approximate surface area is 129 Å². The van der Waals surface area contributed by atoms with Gasteiger partial charge in [0.15, 0.2) is 5.82 Å². The van der Waals surface area contributed by atoms with E-state index in [-0.39, 0.29) is 6.10 Å². The lowest BCUT2D eigenvalue weighted by Gasteiger charge is -2.07. The molecule has 0 amide bonds. The molecule has 0 radical (unpaired) electrons. The van der Waals surface area contributed by atoms with Crippen molar-refractivity contribution >= 4 is 34.4 Å². The van der Waals surface area contributed by atoms with Crippen LogP contribution in [0.15, 0.2) is 33.8 Å². The molecule has 20 heavy (non-hydrogen) atoms. The highest BCUT2D eigenvalue weighted by atomic mass is 79.9. The summed E-state index contributed by atoms with van der Waals surface area (Å²) in [4.78, 5) is 0. The number of halogens is 1. The fourth-order valence-corrected chi connectivity index (χ4v) is 2.53. The van der Waals surface area contributed by atoms with Gasteiger partial charge in [0.1, 0.15) is 6.10 Å². The van der Waals surface area contributed by atoms with Gasteiger partial charge in [0.05, 0.1) is 6.21 Å². The molecule has 1 N–H and O–H groups in total. The standard InChI is InChI=1S/C13H13BrN4OS/c14-10-5-3-9(4-6-10)8-15-18-12(16-17-13(18)20)11-2-1-7-19-11/h3-6,8,11H,1-2,7H2,(H,17,20)/b15-8-. The lowest BCUT2D eigenvalue weighted by molar-refractivity contribution is 0.102. The minimum atomic E-state index is -0.0231. The Kier molecular flexibility index (Phi) is 4.09. The average Bonchev–Trinajstić information content (AvgIpc) is 3.08. The molecule has 0 aliphatic carbocycles. The quantitative estimate of drug-likeness (QED) is 0.679. The van der Waals surface area contributed by atoms with Gasteiger partial charge < -0.3 is 4.74 Å². The minimum Gasteiger partial charge on any atom is -0.370 e. The molecule has 1 fully saturated rings. The van der Waals surface area contributed by atoms with Crippen molar-refractivity contribution in [1.82, 2.24) is 14.9 Å². The van der Waals surface area contributed by atoms with Gasteiger partial charge in [-0.25, -0.2) is 0 Å². The first-order valence-corrected chi connectivity index (χ1v) is 7.53. The zero-order valence-electron chi connectivity index (χ0n) is 10.6. The molecule has 0 bridgehead atoms. The van der Waals surface area contributed by atoms with Gasteiger partial charge in [0, 0.05) is 11.1 Å². The SMILES string of the molecule is S=c1[nH]nc(C2CCCO2)n1/N=C\c1ccc(Br)cc1. The molecule has 1 unspecified atom stereocenters. The first-order valence-electron chi connectivity index (χ1n) is 6.33. The van der Waals surface area contributed by atoms with Crippen molar-refractivity contribution < 1.29 is 4.74 Å². The van der Waals surface area contributed by atoms with Crippen LogP contribution in [-0.2, 0) is 4.74 Å². The zero-order chi connectivity index (χ0) is 13.9. The Balaban J connectivity index is 1.88. The zero-order valence-corrected chi connectivity index (χ0v) is 13.0. The average molecular weight is 353 g/mol. The van der Waals surface area contributed by atoms with Crippen LogP contribution in [0.4, 0.5) is 0 Å². The van der Waals surface area contributed by atoms with E-state index in [0.717, 1.165) is 35.3 Å². The van der Waals surface area contributed by atoms with Crippen molar-refractivity contribution in [1.29, 1.82) is 0 Å². The first-order chi connectivity index (χ1) is 9.74. The molecule has 2 aromatic rings. The second-order valence-corrected chi connectivity index (χ2v) is 5.80. The normalized spacial score (nSPS) is 18.9. The Morgan fingerprint density at radius 2 is 2.25 bits per heavy atom. The van der Waals surface area contributed by atoms with Crippen LogP contribution in [0.3, 0.4) is 0 Å². The van der Waals surface area contributed by atoms with Gasteiger partial charge >= 0.3 is 0 Å². The predicted molar refractivity (Wildman–Crippen MR) is 82.5 cm³/mol. The molecule has 1 aliphatic heterocycles. The fraction of sp³-hybridized carbons (Fsp3) is 0.308. The third-order valence-electron chi connectivity index (χ3n) is 3.09. The van der Waals surface area contributed by atoms with Gasteiger partial charge in [-0.05, 0) is 42.8 Å². The van der Waals surface area contributed by atoms with Crippen LogP contribution in [0.1, 0.15) is 30.3 Å². The van der Waals surface area contributed by atoms with E-state index < -0.39 is 0 Å². The number of benzene rings is 1. The van der Waals surface area contributed by atoms with E-state index in [4.69, 9.17) is 17.0 Å². The molecule has 0 spiro atoms. The molecule has 7 heteroatoms. The number of nitrogens with one attached hydrogen (secondary N) is 1. The molecule has 1 aliphatic rings. The second-order valence-electron chi connectivity index (χ2n) is 4.50. The van der Waals surface area contributed by atoms with E-state index in [2.05, 4.69) is 31.2 Å². The van der Waals surface area contributed by atoms with Crippen LogP contribution in [0.2, 0.25) is 0 Å². The van der Waals surface area contributed by atoms with E-state index in [1.54, 1.807) is 10.9 Å². The van der Waals surface area contributed by atoms with Gasteiger partial charge in [-0.3, -0.25) is 5.10 Å². The van der Waals surface area contributed by atoms with Crippen molar-refractivity contribution in [3.05, 3.63) is 44.9 Å². The summed E-state index contributed by atoms with van der Waals surface area (Å²) < 4.78 is 8.78. The maximum absolute atomic E-state index is 5.63. The molecule has 1 atom stereocenters. The topological polar surface area (TPSA) is 55.2 Å². The molecule has 2 heterocycles. The Morgan fingerprint density at radius 3 is 2.95 bits per heavy atom. The molecular weight excluding hydrogens is 340 g/mol. The molecule has 3 rings (SSSR count). The monoisotopic (exact) mass is 352 g/mol.